The van der Waals surface area contributed by atoms with Crippen molar-refractivity contribution >= 4 is 0 Å². The Morgan fingerprint density at radius 2 is 1.90 bits per heavy atom. The summed E-state index contributed by atoms with van der Waals surface area (Å²) in [5.74, 6) is 0. The molecule has 0 amide bonds. The summed E-state index contributed by atoms with van der Waals surface area (Å²) in [6.45, 7) is 4.78. The minimum Gasteiger partial charge on any atom is -0.391 e. The molecule has 21 heavy (non-hydrogen) atoms. The lowest BCUT2D eigenvalue weighted by Gasteiger charge is -2.15. The van der Waals surface area contributed by atoms with E-state index in [0.29, 0.717) is 18.7 Å². The van der Waals surface area contributed by atoms with Crippen LogP contribution in [0.4, 0.5) is 0 Å². The highest BCUT2D eigenvalue weighted by Gasteiger charge is 2.10. The molecule has 1 aromatic carbocycles. The number of hydrogen-bond donors (Lipinski definition) is 1. The summed E-state index contributed by atoms with van der Waals surface area (Å²) >= 11 is 0. The zero-order valence-electron chi connectivity index (χ0n) is 12.7. The molecule has 0 radical (unpaired) electrons. The molecule has 0 saturated heterocycles. The van der Waals surface area contributed by atoms with E-state index in [-0.39, 0.29) is 12.2 Å². The van der Waals surface area contributed by atoms with Gasteiger partial charge >= 0.3 is 0 Å². The van der Waals surface area contributed by atoms with Crippen LogP contribution in [-0.4, -0.2) is 23.4 Å². The van der Waals surface area contributed by atoms with Gasteiger partial charge in [-0.2, -0.15) is 0 Å². The first-order valence-electron chi connectivity index (χ1n) is 6.98. The van der Waals surface area contributed by atoms with Crippen LogP contribution in [-0.2, 0) is 17.9 Å². The second kappa shape index (κ2) is 6.70. The molecule has 0 spiro atoms. The third-order valence-electron chi connectivity index (χ3n) is 3.75. The lowest BCUT2D eigenvalue weighted by atomic mass is 10.0. The lowest BCUT2D eigenvalue weighted by Crippen LogP contribution is -2.26. The third kappa shape index (κ3) is 3.23. The first kappa shape index (κ1) is 15.5. The van der Waals surface area contributed by atoms with E-state index in [1.165, 1.54) is 11.1 Å². The van der Waals surface area contributed by atoms with Crippen molar-refractivity contribution in [3.63, 3.8) is 0 Å². The molecule has 0 bridgehead atoms. The quantitative estimate of drug-likeness (QED) is 0.918. The highest BCUT2D eigenvalue weighted by atomic mass is 16.5. The minimum atomic E-state index is -0.251. The minimum absolute atomic E-state index is 0.162. The standard InChI is InChI=1S/C17H21NO3/c1-12-4-5-14(10-13(12)2)16-7-6-15(11-19)17(20)18(16)8-9-21-3/h4-7,10,19H,8-9,11H2,1-3H3. The van der Waals surface area contributed by atoms with E-state index in [0.717, 1.165) is 11.3 Å². The Balaban J connectivity index is 2.58. The van der Waals surface area contributed by atoms with E-state index >= 15 is 0 Å². The van der Waals surface area contributed by atoms with E-state index in [2.05, 4.69) is 26.0 Å². The molecule has 0 aliphatic rings. The second-order valence-electron chi connectivity index (χ2n) is 5.15. The maximum atomic E-state index is 12.4. The number of ether oxygens (including phenoxy) is 1. The summed E-state index contributed by atoms with van der Waals surface area (Å²) in [5, 5.41) is 9.27. The molecule has 2 aromatic rings. The molecular formula is C17H21NO3. The first-order chi connectivity index (χ1) is 10.1. The van der Waals surface area contributed by atoms with Crippen LogP contribution in [0.3, 0.4) is 0 Å². The Bertz CT molecular complexity index is 689. The van der Waals surface area contributed by atoms with E-state index in [1.54, 1.807) is 17.7 Å². The Kier molecular flexibility index (Phi) is 4.94. The molecule has 0 unspecified atom stereocenters. The van der Waals surface area contributed by atoms with Gasteiger partial charge in [-0.25, -0.2) is 0 Å². The lowest BCUT2D eigenvalue weighted by molar-refractivity contribution is 0.186. The third-order valence-corrected chi connectivity index (χ3v) is 3.75. The van der Waals surface area contributed by atoms with E-state index in [4.69, 9.17) is 4.74 Å². The number of aryl methyl sites for hydroxylation is 2. The van der Waals surface area contributed by atoms with Crippen molar-refractivity contribution in [1.29, 1.82) is 0 Å². The van der Waals surface area contributed by atoms with Gasteiger partial charge < -0.3 is 14.4 Å². The largest absolute Gasteiger partial charge is 0.391 e. The highest BCUT2D eigenvalue weighted by Crippen LogP contribution is 2.21. The molecular weight excluding hydrogens is 266 g/mol. The number of aliphatic hydroxyl groups is 1. The van der Waals surface area contributed by atoms with Crippen molar-refractivity contribution < 1.29 is 9.84 Å². The molecule has 0 aliphatic heterocycles. The molecule has 1 heterocycles. The van der Waals surface area contributed by atoms with E-state index in [1.807, 2.05) is 12.1 Å². The fourth-order valence-corrected chi connectivity index (χ4v) is 2.30. The maximum absolute atomic E-state index is 12.4. The average Bonchev–Trinajstić information content (AvgIpc) is 2.48. The number of methoxy groups -OCH3 is 1. The van der Waals surface area contributed by atoms with Gasteiger partial charge in [-0.05, 0) is 48.7 Å². The summed E-state index contributed by atoms with van der Waals surface area (Å²) in [6.07, 6.45) is 0. The Morgan fingerprint density at radius 1 is 1.14 bits per heavy atom. The Morgan fingerprint density at radius 3 is 2.52 bits per heavy atom. The van der Waals surface area contributed by atoms with Crippen LogP contribution in [0.15, 0.2) is 35.1 Å². The first-order valence-corrected chi connectivity index (χ1v) is 6.98. The Labute approximate surface area is 124 Å². The molecule has 112 valence electrons. The average molecular weight is 287 g/mol. The van der Waals surface area contributed by atoms with Crippen LogP contribution in [0.25, 0.3) is 11.3 Å². The zero-order valence-corrected chi connectivity index (χ0v) is 12.7. The summed E-state index contributed by atoms with van der Waals surface area (Å²) < 4.78 is 6.75. The molecule has 0 fully saturated rings. The highest BCUT2D eigenvalue weighted by molar-refractivity contribution is 5.61. The molecule has 0 atom stereocenters. The normalized spacial score (nSPS) is 10.9. The van der Waals surface area contributed by atoms with Crippen molar-refractivity contribution in [3.05, 3.63) is 57.4 Å². The van der Waals surface area contributed by atoms with Crippen LogP contribution < -0.4 is 5.56 Å². The zero-order chi connectivity index (χ0) is 15.4. The topological polar surface area (TPSA) is 51.5 Å². The molecule has 4 heteroatoms. The number of aromatic nitrogens is 1. The van der Waals surface area contributed by atoms with Gasteiger partial charge in [-0.3, -0.25) is 4.79 Å². The van der Waals surface area contributed by atoms with Crippen LogP contribution in [0.1, 0.15) is 16.7 Å². The van der Waals surface area contributed by atoms with Gasteiger partial charge in [0.15, 0.2) is 0 Å². The van der Waals surface area contributed by atoms with Crippen LogP contribution >= 0.6 is 0 Å². The van der Waals surface area contributed by atoms with E-state index < -0.39 is 0 Å². The molecule has 1 aromatic heterocycles. The Hall–Kier alpha value is -1.91. The van der Waals surface area contributed by atoms with Crippen LogP contribution in [0.5, 0.6) is 0 Å². The van der Waals surface area contributed by atoms with Gasteiger partial charge in [0.2, 0.25) is 0 Å². The van der Waals surface area contributed by atoms with Crippen molar-refractivity contribution in [2.24, 2.45) is 0 Å². The number of pyridine rings is 1. The molecule has 0 aliphatic carbocycles. The van der Waals surface area contributed by atoms with Gasteiger partial charge in [0, 0.05) is 19.2 Å². The monoisotopic (exact) mass is 287 g/mol. The molecule has 0 saturated carbocycles. The van der Waals surface area contributed by atoms with Gasteiger partial charge in [0.05, 0.1) is 18.9 Å². The van der Waals surface area contributed by atoms with E-state index in [9.17, 15) is 9.90 Å². The van der Waals surface area contributed by atoms with Gasteiger partial charge in [-0.1, -0.05) is 12.1 Å². The van der Waals surface area contributed by atoms with Gasteiger partial charge in [-0.15, -0.1) is 0 Å². The van der Waals surface area contributed by atoms with Gasteiger partial charge in [0.25, 0.3) is 5.56 Å². The molecule has 2 rings (SSSR count). The summed E-state index contributed by atoms with van der Waals surface area (Å²) in [5.41, 5.74) is 4.48. The predicted octanol–water partition coefficient (Wildman–Crippen LogP) is 2.27. The van der Waals surface area contributed by atoms with Crippen molar-refractivity contribution in [1.82, 2.24) is 4.57 Å². The van der Waals surface area contributed by atoms with Gasteiger partial charge in [0.1, 0.15) is 0 Å². The SMILES string of the molecule is COCCn1c(-c2ccc(C)c(C)c2)ccc(CO)c1=O. The fraction of sp³-hybridized carbons (Fsp3) is 0.353. The predicted molar refractivity (Wildman–Crippen MR) is 83.4 cm³/mol. The fourth-order valence-electron chi connectivity index (χ4n) is 2.30. The summed E-state index contributed by atoms with van der Waals surface area (Å²) in [6, 6.07) is 9.71. The number of nitrogens with zero attached hydrogens (tertiary/aromatic N) is 1. The molecule has 1 N–H and O–H groups in total. The molecule has 4 nitrogen and oxygen atoms in total. The summed E-state index contributed by atoms with van der Waals surface area (Å²) in [7, 11) is 1.61. The van der Waals surface area contributed by atoms with Crippen LogP contribution in [0.2, 0.25) is 0 Å². The number of rotatable bonds is 5. The smallest absolute Gasteiger partial charge is 0.256 e. The second-order valence-corrected chi connectivity index (χ2v) is 5.15. The number of benzene rings is 1. The van der Waals surface area contributed by atoms with Crippen molar-refractivity contribution in [2.75, 3.05) is 13.7 Å². The van der Waals surface area contributed by atoms with Crippen molar-refractivity contribution in [3.8, 4) is 11.3 Å². The van der Waals surface area contributed by atoms with Crippen molar-refractivity contribution in [2.45, 2.75) is 27.0 Å². The number of aliphatic hydroxyl groups excluding tert-OH is 1. The number of hydrogen-bond acceptors (Lipinski definition) is 3. The van der Waals surface area contributed by atoms with Crippen LogP contribution in [0, 0.1) is 13.8 Å². The maximum Gasteiger partial charge on any atom is 0.256 e. The summed E-state index contributed by atoms with van der Waals surface area (Å²) in [4.78, 5) is 12.4.